The van der Waals surface area contributed by atoms with E-state index in [1.54, 1.807) is 0 Å². The average Bonchev–Trinajstić information content (AvgIpc) is 2.42. The molecular weight excluding hydrogens is 296 g/mol. The Kier molecular flexibility index (Phi) is 4.94. The minimum Gasteiger partial charge on any atom is -0.398 e. The first-order valence-electron chi connectivity index (χ1n) is 6.97. The SMILES string of the molecule is CC(NS(=O)(=O)c1ccc(N)c(Cl)c1)C1CCCCC1. The summed E-state index contributed by atoms with van der Waals surface area (Å²) >= 11 is 5.89. The molecular formula is C14H21ClN2O2S. The quantitative estimate of drug-likeness (QED) is 0.838. The van der Waals surface area contributed by atoms with Crippen molar-refractivity contribution in [1.29, 1.82) is 0 Å². The van der Waals surface area contributed by atoms with E-state index in [2.05, 4.69) is 4.72 Å². The molecule has 1 aromatic carbocycles. The van der Waals surface area contributed by atoms with Crippen LogP contribution < -0.4 is 10.5 Å². The summed E-state index contributed by atoms with van der Waals surface area (Å²) in [6, 6.07) is 4.34. The predicted molar refractivity (Wildman–Crippen MR) is 82.2 cm³/mol. The highest BCUT2D eigenvalue weighted by Crippen LogP contribution is 2.28. The summed E-state index contributed by atoms with van der Waals surface area (Å²) in [5.41, 5.74) is 5.98. The summed E-state index contributed by atoms with van der Waals surface area (Å²) in [7, 11) is -3.54. The number of benzene rings is 1. The third-order valence-electron chi connectivity index (χ3n) is 3.98. The summed E-state index contributed by atoms with van der Waals surface area (Å²) in [6.45, 7) is 1.94. The van der Waals surface area contributed by atoms with Crippen molar-refractivity contribution >= 4 is 27.3 Å². The molecule has 6 heteroatoms. The van der Waals surface area contributed by atoms with Crippen molar-refractivity contribution in [2.75, 3.05) is 5.73 Å². The van der Waals surface area contributed by atoms with Crippen molar-refractivity contribution in [1.82, 2.24) is 4.72 Å². The molecule has 3 N–H and O–H groups in total. The van der Waals surface area contributed by atoms with Gasteiger partial charge in [-0.3, -0.25) is 0 Å². The minimum atomic E-state index is -3.54. The lowest BCUT2D eigenvalue weighted by Gasteiger charge is -2.28. The van der Waals surface area contributed by atoms with Crippen LogP contribution in [-0.2, 0) is 10.0 Å². The third-order valence-corrected chi connectivity index (χ3v) is 5.86. The maximum absolute atomic E-state index is 12.3. The lowest BCUT2D eigenvalue weighted by Crippen LogP contribution is -2.38. The second kappa shape index (κ2) is 6.33. The second-order valence-corrected chi connectivity index (χ2v) is 7.61. The molecule has 4 nitrogen and oxygen atoms in total. The first kappa shape index (κ1) is 15.6. The van der Waals surface area contributed by atoms with E-state index >= 15 is 0 Å². The zero-order valence-electron chi connectivity index (χ0n) is 11.6. The first-order chi connectivity index (χ1) is 9.40. The van der Waals surface area contributed by atoms with Crippen molar-refractivity contribution in [2.45, 2.75) is 50.0 Å². The summed E-state index contributed by atoms with van der Waals surface area (Å²) in [4.78, 5) is 0.166. The topological polar surface area (TPSA) is 72.2 Å². The number of sulfonamides is 1. The minimum absolute atomic E-state index is 0.0587. The highest BCUT2D eigenvalue weighted by Gasteiger charge is 2.25. The number of hydrogen-bond acceptors (Lipinski definition) is 3. The Morgan fingerprint density at radius 3 is 2.55 bits per heavy atom. The van der Waals surface area contributed by atoms with Gasteiger partial charge in [-0.25, -0.2) is 13.1 Å². The Morgan fingerprint density at radius 2 is 1.95 bits per heavy atom. The van der Waals surface area contributed by atoms with E-state index < -0.39 is 10.0 Å². The zero-order chi connectivity index (χ0) is 14.8. The summed E-state index contributed by atoms with van der Waals surface area (Å²) in [5, 5.41) is 0.262. The standard InChI is InChI=1S/C14H21ClN2O2S/c1-10(11-5-3-2-4-6-11)17-20(18,19)12-7-8-14(16)13(15)9-12/h7-11,17H,2-6,16H2,1H3. The molecule has 20 heavy (non-hydrogen) atoms. The van der Waals surface area contributed by atoms with Gasteiger partial charge < -0.3 is 5.73 Å². The Balaban J connectivity index is 2.11. The van der Waals surface area contributed by atoms with Crippen LogP contribution in [0, 0.1) is 5.92 Å². The summed E-state index contributed by atoms with van der Waals surface area (Å²) in [6.07, 6.45) is 5.80. The van der Waals surface area contributed by atoms with Gasteiger partial charge in [-0.05, 0) is 43.9 Å². The molecule has 0 spiro atoms. The van der Waals surface area contributed by atoms with Crippen LogP contribution in [0.15, 0.2) is 23.1 Å². The lowest BCUT2D eigenvalue weighted by molar-refractivity contribution is 0.303. The molecule has 1 fully saturated rings. The van der Waals surface area contributed by atoms with Gasteiger partial charge in [-0.15, -0.1) is 0 Å². The van der Waals surface area contributed by atoms with Gasteiger partial charge in [0, 0.05) is 6.04 Å². The monoisotopic (exact) mass is 316 g/mol. The largest absolute Gasteiger partial charge is 0.398 e. The van der Waals surface area contributed by atoms with E-state index in [0.717, 1.165) is 12.8 Å². The van der Waals surface area contributed by atoms with Crippen LogP contribution in [0.3, 0.4) is 0 Å². The predicted octanol–water partition coefficient (Wildman–Crippen LogP) is 3.17. The molecule has 0 radical (unpaired) electrons. The summed E-state index contributed by atoms with van der Waals surface area (Å²) in [5.74, 6) is 0.419. The number of rotatable bonds is 4. The van der Waals surface area contributed by atoms with Crippen LogP contribution in [0.2, 0.25) is 5.02 Å². The number of nitrogens with one attached hydrogen (secondary N) is 1. The lowest BCUT2D eigenvalue weighted by atomic mass is 9.85. The van der Waals surface area contributed by atoms with Crippen LogP contribution >= 0.6 is 11.6 Å². The van der Waals surface area contributed by atoms with Crippen LogP contribution in [0.25, 0.3) is 0 Å². The highest BCUT2D eigenvalue weighted by atomic mass is 35.5. The molecule has 1 aliphatic rings. The van der Waals surface area contributed by atoms with Crippen LogP contribution in [0.4, 0.5) is 5.69 Å². The van der Waals surface area contributed by atoms with Gasteiger partial charge in [0.25, 0.3) is 0 Å². The molecule has 1 aliphatic carbocycles. The molecule has 1 atom stereocenters. The van der Waals surface area contributed by atoms with E-state index in [1.165, 1.54) is 37.5 Å². The Morgan fingerprint density at radius 1 is 1.30 bits per heavy atom. The molecule has 0 amide bonds. The fourth-order valence-corrected chi connectivity index (χ4v) is 4.30. The molecule has 0 heterocycles. The zero-order valence-corrected chi connectivity index (χ0v) is 13.2. The third kappa shape index (κ3) is 3.65. The molecule has 0 bridgehead atoms. The molecule has 0 saturated heterocycles. The van der Waals surface area contributed by atoms with E-state index in [4.69, 9.17) is 17.3 Å². The van der Waals surface area contributed by atoms with Crippen molar-refractivity contribution in [3.05, 3.63) is 23.2 Å². The molecule has 1 saturated carbocycles. The van der Waals surface area contributed by atoms with Crippen LogP contribution in [0.5, 0.6) is 0 Å². The smallest absolute Gasteiger partial charge is 0.240 e. The maximum Gasteiger partial charge on any atom is 0.240 e. The van der Waals surface area contributed by atoms with Crippen LogP contribution in [-0.4, -0.2) is 14.5 Å². The second-order valence-electron chi connectivity index (χ2n) is 5.49. The first-order valence-corrected chi connectivity index (χ1v) is 8.83. The van der Waals surface area contributed by atoms with E-state index in [-0.39, 0.29) is 16.0 Å². The summed E-state index contributed by atoms with van der Waals surface area (Å²) < 4.78 is 27.4. The Labute approximate surface area is 125 Å². The van der Waals surface area contributed by atoms with E-state index in [1.807, 2.05) is 6.92 Å². The average molecular weight is 317 g/mol. The molecule has 0 aromatic heterocycles. The van der Waals surface area contributed by atoms with Crippen molar-refractivity contribution < 1.29 is 8.42 Å². The number of nitrogen functional groups attached to an aromatic ring is 1. The molecule has 1 aromatic rings. The molecule has 1 unspecified atom stereocenters. The number of anilines is 1. The van der Waals surface area contributed by atoms with Gasteiger partial charge in [0.05, 0.1) is 15.6 Å². The van der Waals surface area contributed by atoms with Gasteiger partial charge in [-0.2, -0.15) is 0 Å². The number of hydrogen-bond donors (Lipinski definition) is 2. The fraction of sp³-hybridized carbons (Fsp3) is 0.571. The fourth-order valence-electron chi connectivity index (χ4n) is 2.72. The van der Waals surface area contributed by atoms with Gasteiger partial charge in [0.1, 0.15) is 0 Å². The maximum atomic E-state index is 12.3. The van der Waals surface area contributed by atoms with Gasteiger partial charge in [-0.1, -0.05) is 30.9 Å². The van der Waals surface area contributed by atoms with Crippen molar-refractivity contribution in [2.24, 2.45) is 5.92 Å². The van der Waals surface area contributed by atoms with E-state index in [0.29, 0.717) is 11.6 Å². The highest BCUT2D eigenvalue weighted by molar-refractivity contribution is 7.89. The van der Waals surface area contributed by atoms with Gasteiger partial charge >= 0.3 is 0 Å². The van der Waals surface area contributed by atoms with Gasteiger partial charge in [0.15, 0.2) is 0 Å². The molecule has 112 valence electrons. The normalized spacial score (nSPS) is 18.9. The van der Waals surface area contributed by atoms with Crippen LogP contribution in [0.1, 0.15) is 39.0 Å². The molecule has 2 rings (SSSR count). The Bertz CT molecular complexity index is 569. The van der Waals surface area contributed by atoms with Gasteiger partial charge in [0.2, 0.25) is 10.0 Å². The van der Waals surface area contributed by atoms with Crippen molar-refractivity contribution in [3.8, 4) is 0 Å². The van der Waals surface area contributed by atoms with Crippen molar-refractivity contribution in [3.63, 3.8) is 0 Å². The number of nitrogens with two attached hydrogens (primary N) is 1. The van der Waals surface area contributed by atoms with E-state index in [9.17, 15) is 8.42 Å². The number of halogens is 1. The molecule has 0 aliphatic heterocycles. The Hall–Kier alpha value is -0.780.